The van der Waals surface area contributed by atoms with Gasteiger partial charge in [-0.05, 0) is 31.9 Å². The standard InChI is InChI=1S/C19H28N4S/c1-14(18-22-16(13-24-18)19(2,3)4)21-15-8-11-23(12-9-15)17-7-5-6-10-20-17/h5-7,10,13-15,21H,8-9,11-12H2,1-4H3/t14-/m0/s1. The monoisotopic (exact) mass is 344 g/mol. The van der Waals surface area contributed by atoms with Crippen molar-refractivity contribution in [1.82, 2.24) is 15.3 Å². The van der Waals surface area contributed by atoms with Gasteiger partial charge in [0.2, 0.25) is 0 Å². The Bertz CT molecular complexity index is 639. The molecule has 2 aromatic heterocycles. The Hall–Kier alpha value is -1.46. The van der Waals surface area contributed by atoms with E-state index in [1.54, 1.807) is 11.3 Å². The van der Waals surface area contributed by atoms with E-state index in [9.17, 15) is 0 Å². The van der Waals surface area contributed by atoms with Gasteiger partial charge >= 0.3 is 0 Å². The first-order valence-corrected chi connectivity index (χ1v) is 9.69. The Morgan fingerprint density at radius 3 is 2.58 bits per heavy atom. The lowest BCUT2D eigenvalue weighted by molar-refractivity contribution is 0.379. The SMILES string of the molecule is C[C@H](NC1CCN(c2ccccn2)CC1)c1nc(C(C)(C)C)cs1. The molecule has 24 heavy (non-hydrogen) atoms. The van der Waals surface area contributed by atoms with Crippen molar-refractivity contribution in [3.05, 3.63) is 40.5 Å². The first-order chi connectivity index (χ1) is 11.4. The van der Waals surface area contributed by atoms with Gasteiger partial charge in [-0.25, -0.2) is 9.97 Å². The Kier molecular flexibility index (Phi) is 5.21. The molecule has 3 rings (SSSR count). The lowest BCUT2D eigenvalue weighted by Crippen LogP contribution is -2.43. The largest absolute Gasteiger partial charge is 0.357 e. The van der Waals surface area contributed by atoms with E-state index in [1.165, 1.54) is 10.7 Å². The van der Waals surface area contributed by atoms with Crippen LogP contribution in [0.15, 0.2) is 29.8 Å². The van der Waals surface area contributed by atoms with Gasteiger partial charge in [-0.3, -0.25) is 0 Å². The van der Waals surface area contributed by atoms with Crippen LogP contribution < -0.4 is 10.2 Å². The lowest BCUT2D eigenvalue weighted by Gasteiger charge is -2.34. The van der Waals surface area contributed by atoms with E-state index in [2.05, 4.69) is 60.4 Å². The minimum Gasteiger partial charge on any atom is -0.357 e. The summed E-state index contributed by atoms with van der Waals surface area (Å²) in [5.74, 6) is 1.10. The van der Waals surface area contributed by atoms with Crippen molar-refractivity contribution >= 4 is 17.2 Å². The molecule has 0 unspecified atom stereocenters. The molecule has 4 nitrogen and oxygen atoms in total. The fourth-order valence-corrected chi connectivity index (χ4v) is 4.13. The molecule has 0 radical (unpaired) electrons. The van der Waals surface area contributed by atoms with Crippen molar-refractivity contribution in [1.29, 1.82) is 0 Å². The Morgan fingerprint density at radius 2 is 2.00 bits per heavy atom. The molecule has 0 saturated carbocycles. The molecule has 3 heterocycles. The summed E-state index contributed by atoms with van der Waals surface area (Å²) in [4.78, 5) is 11.7. The third kappa shape index (κ3) is 4.14. The van der Waals surface area contributed by atoms with Crippen LogP contribution in [0.25, 0.3) is 0 Å². The predicted molar refractivity (Wildman–Crippen MR) is 102 cm³/mol. The van der Waals surface area contributed by atoms with Gasteiger partial charge < -0.3 is 10.2 Å². The highest BCUT2D eigenvalue weighted by molar-refractivity contribution is 7.09. The molecule has 1 aliphatic heterocycles. The zero-order chi connectivity index (χ0) is 17.2. The maximum atomic E-state index is 4.85. The number of pyridine rings is 1. The van der Waals surface area contributed by atoms with E-state index < -0.39 is 0 Å². The maximum absolute atomic E-state index is 4.85. The van der Waals surface area contributed by atoms with Crippen molar-refractivity contribution in [3.63, 3.8) is 0 Å². The van der Waals surface area contributed by atoms with E-state index in [0.717, 1.165) is 31.7 Å². The second-order valence-electron chi connectivity index (χ2n) is 7.66. The van der Waals surface area contributed by atoms with Crippen molar-refractivity contribution in [3.8, 4) is 0 Å². The number of hydrogen-bond donors (Lipinski definition) is 1. The molecule has 0 bridgehead atoms. The van der Waals surface area contributed by atoms with E-state index >= 15 is 0 Å². The molecule has 2 aromatic rings. The summed E-state index contributed by atoms with van der Waals surface area (Å²) in [5, 5.41) is 7.18. The molecule has 0 aromatic carbocycles. The molecule has 5 heteroatoms. The van der Waals surface area contributed by atoms with E-state index in [4.69, 9.17) is 4.98 Å². The molecule has 1 aliphatic rings. The number of thiazole rings is 1. The maximum Gasteiger partial charge on any atom is 0.128 e. The smallest absolute Gasteiger partial charge is 0.128 e. The molecule has 130 valence electrons. The van der Waals surface area contributed by atoms with Crippen LogP contribution in [-0.2, 0) is 5.41 Å². The summed E-state index contributed by atoms with van der Waals surface area (Å²) in [5.41, 5.74) is 1.32. The Labute approximate surface area is 149 Å². The molecule has 1 saturated heterocycles. The van der Waals surface area contributed by atoms with Crippen LogP contribution in [0.4, 0.5) is 5.82 Å². The molecule has 0 spiro atoms. The molecule has 1 atom stereocenters. The summed E-state index contributed by atoms with van der Waals surface area (Å²) in [6.45, 7) is 11.0. The van der Waals surface area contributed by atoms with Crippen LogP contribution in [-0.4, -0.2) is 29.1 Å². The molecule has 0 amide bonds. The van der Waals surface area contributed by atoms with E-state index in [-0.39, 0.29) is 5.41 Å². The number of nitrogens with zero attached hydrogens (tertiary/aromatic N) is 3. The van der Waals surface area contributed by atoms with E-state index in [1.807, 2.05) is 12.3 Å². The van der Waals surface area contributed by atoms with Crippen LogP contribution in [0.2, 0.25) is 0 Å². The Morgan fingerprint density at radius 1 is 1.25 bits per heavy atom. The molecule has 0 aliphatic carbocycles. The van der Waals surface area contributed by atoms with Gasteiger partial charge in [0.1, 0.15) is 10.8 Å². The highest BCUT2D eigenvalue weighted by Crippen LogP contribution is 2.27. The fraction of sp³-hybridized carbons (Fsp3) is 0.579. The van der Waals surface area contributed by atoms with Crippen molar-refractivity contribution in [2.45, 2.75) is 58.0 Å². The van der Waals surface area contributed by atoms with Crippen LogP contribution in [0.3, 0.4) is 0 Å². The van der Waals surface area contributed by atoms with Crippen LogP contribution in [0, 0.1) is 0 Å². The normalized spacial score (nSPS) is 17.9. The van der Waals surface area contributed by atoms with Gasteiger partial charge in [0.05, 0.1) is 11.7 Å². The molecular formula is C19H28N4S. The molecular weight excluding hydrogens is 316 g/mol. The number of aromatic nitrogens is 2. The third-order valence-electron chi connectivity index (χ3n) is 4.61. The summed E-state index contributed by atoms with van der Waals surface area (Å²) < 4.78 is 0. The second kappa shape index (κ2) is 7.19. The zero-order valence-corrected chi connectivity index (χ0v) is 15.9. The number of hydrogen-bond acceptors (Lipinski definition) is 5. The fourth-order valence-electron chi connectivity index (χ4n) is 3.07. The van der Waals surface area contributed by atoms with Crippen LogP contribution >= 0.6 is 11.3 Å². The lowest BCUT2D eigenvalue weighted by atomic mass is 9.93. The second-order valence-corrected chi connectivity index (χ2v) is 8.55. The highest BCUT2D eigenvalue weighted by Gasteiger charge is 2.24. The van der Waals surface area contributed by atoms with E-state index in [0.29, 0.717) is 12.1 Å². The number of rotatable bonds is 4. The topological polar surface area (TPSA) is 41.0 Å². The summed E-state index contributed by atoms with van der Waals surface area (Å²) in [7, 11) is 0. The highest BCUT2D eigenvalue weighted by atomic mass is 32.1. The van der Waals surface area contributed by atoms with Gasteiger partial charge in [0.15, 0.2) is 0 Å². The minimum absolute atomic E-state index is 0.127. The molecule has 1 N–H and O–H groups in total. The number of piperidine rings is 1. The zero-order valence-electron chi connectivity index (χ0n) is 15.1. The van der Waals surface area contributed by atoms with Gasteiger partial charge in [0, 0.05) is 36.1 Å². The van der Waals surface area contributed by atoms with Crippen molar-refractivity contribution in [2.24, 2.45) is 0 Å². The summed E-state index contributed by atoms with van der Waals surface area (Å²) in [6, 6.07) is 7.00. The Balaban J connectivity index is 1.53. The quantitative estimate of drug-likeness (QED) is 0.904. The van der Waals surface area contributed by atoms with Gasteiger partial charge in [-0.1, -0.05) is 26.8 Å². The third-order valence-corrected chi connectivity index (χ3v) is 5.64. The number of anilines is 1. The first kappa shape index (κ1) is 17.4. The average molecular weight is 345 g/mol. The predicted octanol–water partition coefficient (Wildman–Crippen LogP) is 4.16. The first-order valence-electron chi connectivity index (χ1n) is 8.81. The summed E-state index contributed by atoms with van der Waals surface area (Å²) >= 11 is 1.78. The summed E-state index contributed by atoms with van der Waals surface area (Å²) in [6.07, 6.45) is 4.17. The van der Waals surface area contributed by atoms with Crippen LogP contribution in [0.5, 0.6) is 0 Å². The average Bonchev–Trinajstić information content (AvgIpc) is 3.07. The minimum atomic E-state index is 0.127. The van der Waals surface area contributed by atoms with Gasteiger partial charge in [0.25, 0.3) is 0 Å². The van der Waals surface area contributed by atoms with Gasteiger partial charge in [-0.15, -0.1) is 11.3 Å². The van der Waals surface area contributed by atoms with Crippen molar-refractivity contribution in [2.75, 3.05) is 18.0 Å². The van der Waals surface area contributed by atoms with Crippen LogP contribution in [0.1, 0.15) is 57.3 Å². The molecule has 1 fully saturated rings. The van der Waals surface area contributed by atoms with Gasteiger partial charge in [-0.2, -0.15) is 0 Å². The van der Waals surface area contributed by atoms with Crippen molar-refractivity contribution < 1.29 is 0 Å². The number of nitrogens with one attached hydrogen (secondary N) is 1.